The number of carbonyl (C=O) groups excluding carboxylic acids is 3. The highest BCUT2D eigenvalue weighted by atomic mass is 16.2. The number of carbonyl (C=O) groups is 3. The van der Waals surface area contributed by atoms with Crippen LogP contribution in [0.5, 0.6) is 0 Å². The Morgan fingerprint density at radius 3 is 2.57 bits per heavy atom. The molecule has 1 unspecified atom stereocenters. The van der Waals surface area contributed by atoms with Crippen LogP contribution in [0.1, 0.15) is 38.7 Å². The van der Waals surface area contributed by atoms with E-state index in [1.165, 1.54) is 0 Å². The summed E-state index contributed by atoms with van der Waals surface area (Å²) in [6.07, 6.45) is 1.96. The highest BCUT2D eigenvalue weighted by molar-refractivity contribution is 6.09. The van der Waals surface area contributed by atoms with Crippen LogP contribution in [-0.2, 0) is 15.1 Å². The predicted octanol–water partition coefficient (Wildman–Crippen LogP) is 1.89. The van der Waals surface area contributed by atoms with Crippen molar-refractivity contribution in [3.8, 4) is 0 Å². The molecule has 1 spiro atoms. The highest BCUT2D eigenvalue weighted by Gasteiger charge is 2.51. The molecule has 4 amide bonds. The molecule has 0 saturated carbocycles. The summed E-state index contributed by atoms with van der Waals surface area (Å²) in [7, 11) is 0. The number of anilines is 1. The van der Waals surface area contributed by atoms with Gasteiger partial charge in [0.2, 0.25) is 5.91 Å². The number of hydrogen-bond donors (Lipinski definition) is 2. The smallest absolute Gasteiger partial charge is 0.319 e. The molecule has 23 heavy (non-hydrogen) atoms. The summed E-state index contributed by atoms with van der Waals surface area (Å²) in [5.74, 6) is -0.282. The fourth-order valence-corrected chi connectivity index (χ4v) is 3.55. The molecule has 1 fully saturated rings. The molecule has 6 nitrogen and oxygen atoms in total. The minimum atomic E-state index is -1.06. The van der Waals surface area contributed by atoms with E-state index in [4.69, 9.17) is 0 Å². The van der Waals surface area contributed by atoms with Crippen LogP contribution in [0.15, 0.2) is 24.3 Å². The summed E-state index contributed by atoms with van der Waals surface area (Å²) in [6.45, 7) is 4.43. The van der Waals surface area contributed by atoms with E-state index in [0.717, 1.165) is 12.8 Å². The Hall–Kier alpha value is -2.37. The van der Waals surface area contributed by atoms with Crippen molar-refractivity contribution in [1.82, 2.24) is 10.6 Å². The number of fused-ring (bicyclic) bond motifs is 2. The molecular formula is C17H21N3O3. The third kappa shape index (κ3) is 2.29. The van der Waals surface area contributed by atoms with Crippen LogP contribution < -0.4 is 15.5 Å². The predicted molar refractivity (Wildman–Crippen MR) is 85.8 cm³/mol. The van der Waals surface area contributed by atoms with Gasteiger partial charge < -0.3 is 10.2 Å². The molecule has 2 heterocycles. The normalized spacial score (nSPS) is 23.0. The zero-order valence-corrected chi connectivity index (χ0v) is 13.4. The van der Waals surface area contributed by atoms with Crippen LogP contribution >= 0.6 is 0 Å². The van der Waals surface area contributed by atoms with Gasteiger partial charge in [0.1, 0.15) is 5.54 Å². The summed E-state index contributed by atoms with van der Waals surface area (Å²) >= 11 is 0. The second-order valence-electron chi connectivity index (χ2n) is 6.08. The Morgan fingerprint density at radius 2 is 1.96 bits per heavy atom. The first-order valence-corrected chi connectivity index (χ1v) is 8.08. The van der Waals surface area contributed by atoms with Gasteiger partial charge in [0, 0.05) is 30.1 Å². The molecule has 6 heteroatoms. The first-order valence-electron chi connectivity index (χ1n) is 8.08. The van der Waals surface area contributed by atoms with Crippen LogP contribution in [0.3, 0.4) is 0 Å². The lowest BCUT2D eigenvalue weighted by atomic mass is 9.81. The zero-order chi connectivity index (χ0) is 16.6. The number of imide groups is 1. The maximum atomic E-state index is 12.8. The van der Waals surface area contributed by atoms with Crippen molar-refractivity contribution in [3.05, 3.63) is 29.8 Å². The molecule has 122 valence electrons. The standard InChI is InChI=1S/C17H21N3O3/c1-3-11(4-2)14(21)20-10-9-17(15(22)18-16(23)19-17)12-7-5-6-8-13(12)20/h5-8,11H,3-4,9-10H2,1-2H3,(H2,18,19,22,23). The molecule has 3 rings (SSSR count). The summed E-state index contributed by atoms with van der Waals surface area (Å²) in [5.41, 5.74) is 0.347. The molecule has 0 radical (unpaired) electrons. The Morgan fingerprint density at radius 1 is 1.26 bits per heavy atom. The molecule has 1 saturated heterocycles. The van der Waals surface area contributed by atoms with Gasteiger partial charge in [-0.1, -0.05) is 32.0 Å². The van der Waals surface area contributed by atoms with E-state index in [0.29, 0.717) is 24.2 Å². The number of hydrogen-bond acceptors (Lipinski definition) is 3. The van der Waals surface area contributed by atoms with Crippen molar-refractivity contribution in [2.24, 2.45) is 5.92 Å². The van der Waals surface area contributed by atoms with Crippen LogP contribution in [0.25, 0.3) is 0 Å². The van der Waals surface area contributed by atoms with Gasteiger partial charge in [-0.15, -0.1) is 0 Å². The SMILES string of the molecule is CCC(CC)C(=O)N1CCC2(NC(=O)NC2=O)c2ccccc21. The van der Waals surface area contributed by atoms with Crippen molar-refractivity contribution in [2.75, 3.05) is 11.4 Å². The molecule has 2 N–H and O–H groups in total. The molecule has 2 aliphatic heterocycles. The van der Waals surface area contributed by atoms with Crippen LogP contribution in [0, 0.1) is 5.92 Å². The van der Waals surface area contributed by atoms with Gasteiger partial charge in [0.15, 0.2) is 0 Å². The maximum Gasteiger partial charge on any atom is 0.322 e. The summed E-state index contributed by atoms with van der Waals surface area (Å²) in [4.78, 5) is 38.5. The molecule has 0 bridgehead atoms. The van der Waals surface area contributed by atoms with E-state index in [9.17, 15) is 14.4 Å². The highest BCUT2D eigenvalue weighted by Crippen LogP contribution is 2.40. The number of nitrogens with zero attached hydrogens (tertiary/aromatic N) is 1. The van der Waals surface area contributed by atoms with Crippen molar-refractivity contribution >= 4 is 23.5 Å². The van der Waals surface area contributed by atoms with E-state index < -0.39 is 11.6 Å². The Balaban J connectivity index is 2.04. The van der Waals surface area contributed by atoms with E-state index in [1.807, 2.05) is 38.1 Å². The minimum absolute atomic E-state index is 0.0240. The van der Waals surface area contributed by atoms with Gasteiger partial charge in [-0.3, -0.25) is 14.9 Å². The van der Waals surface area contributed by atoms with E-state index in [-0.39, 0.29) is 17.7 Å². The lowest BCUT2D eigenvalue weighted by Gasteiger charge is -2.40. The second-order valence-corrected chi connectivity index (χ2v) is 6.08. The van der Waals surface area contributed by atoms with E-state index >= 15 is 0 Å². The summed E-state index contributed by atoms with van der Waals surface area (Å²) in [5, 5.41) is 5.07. The third-order valence-electron chi connectivity index (χ3n) is 4.91. The first kappa shape index (κ1) is 15.5. The molecular weight excluding hydrogens is 294 g/mol. The van der Waals surface area contributed by atoms with Crippen molar-refractivity contribution < 1.29 is 14.4 Å². The quantitative estimate of drug-likeness (QED) is 0.836. The minimum Gasteiger partial charge on any atom is -0.319 e. The average molecular weight is 315 g/mol. The van der Waals surface area contributed by atoms with E-state index in [1.54, 1.807) is 4.90 Å². The summed E-state index contributed by atoms with van der Waals surface area (Å²) < 4.78 is 0. The fourth-order valence-electron chi connectivity index (χ4n) is 3.55. The monoisotopic (exact) mass is 315 g/mol. The first-order chi connectivity index (χ1) is 11.0. The van der Waals surface area contributed by atoms with Crippen molar-refractivity contribution in [1.29, 1.82) is 0 Å². The van der Waals surface area contributed by atoms with Gasteiger partial charge in [-0.25, -0.2) is 4.79 Å². The van der Waals surface area contributed by atoms with Gasteiger partial charge in [-0.2, -0.15) is 0 Å². The van der Waals surface area contributed by atoms with Gasteiger partial charge in [0.25, 0.3) is 5.91 Å². The third-order valence-corrected chi connectivity index (χ3v) is 4.91. The molecule has 2 aliphatic rings. The van der Waals surface area contributed by atoms with Gasteiger partial charge >= 0.3 is 6.03 Å². The zero-order valence-electron chi connectivity index (χ0n) is 13.4. The van der Waals surface area contributed by atoms with Crippen LogP contribution in [-0.4, -0.2) is 24.4 Å². The molecule has 1 aromatic carbocycles. The van der Waals surface area contributed by atoms with Crippen LogP contribution in [0.4, 0.5) is 10.5 Å². The summed E-state index contributed by atoms with van der Waals surface area (Å²) in [6, 6.07) is 6.84. The lowest BCUT2D eigenvalue weighted by molar-refractivity contribution is -0.126. The Bertz CT molecular complexity index is 669. The van der Waals surface area contributed by atoms with Crippen molar-refractivity contribution in [2.45, 2.75) is 38.6 Å². The van der Waals surface area contributed by atoms with Gasteiger partial charge in [0.05, 0.1) is 0 Å². The lowest BCUT2D eigenvalue weighted by Crippen LogP contribution is -2.52. The Labute approximate surface area is 135 Å². The maximum absolute atomic E-state index is 12.8. The molecule has 0 aliphatic carbocycles. The van der Waals surface area contributed by atoms with E-state index in [2.05, 4.69) is 10.6 Å². The number of rotatable bonds is 3. The Kier molecular flexibility index (Phi) is 3.83. The van der Waals surface area contributed by atoms with Gasteiger partial charge in [-0.05, 0) is 18.9 Å². The second kappa shape index (κ2) is 5.68. The molecule has 1 atom stereocenters. The number of urea groups is 1. The topological polar surface area (TPSA) is 78.5 Å². The number of amides is 4. The molecule has 1 aromatic rings. The largest absolute Gasteiger partial charge is 0.322 e. The van der Waals surface area contributed by atoms with Crippen molar-refractivity contribution in [3.63, 3.8) is 0 Å². The fraction of sp³-hybridized carbons (Fsp3) is 0.471. The average Bonchev–Trinajstić information content (AvgIpc) is 2.83. The number of benzene rings is 1. The molecule has 0 aromatic heterocycles. The van der Waals surface area contributed by atoms with Crippen LogP contribution in [0.2, 0.25) is 0 Å². The number of para-hydroxylation sites is 1. The number of nitrogens with one attached hydrogen (secondary N) is 2.